The monoisotopic (exact) mass is 337 g/mol. The standard InChI is InChI=1S/C20H23N3O2/c24-20(22-14-16-13-18(16)15-5-2-1-3-6-15)17-7-4-8-21-19(17)23-9-11-25-12-10-23/h1-8,16,18H,9-14H2,(H,22,24)/t16-,18+/m0/s1. The summed E-state index contributed by atoms with van der Waals surface area (Å²) in [6.45, 7) is 3.62. The third-order valence-electron chi connectivity index (χ3n) is 5.02. The molecule has 5 nitrogen and oxygen atoms in total. The van der Waals surface area contributed by atoms with Gasteiger partial charge in [-0.2, -0.15) is 0 Å². The third-order valence-corrected chi connectivity index (χ3v) is 5.02. The zero-order valence-electron chi connectivity index (χ0n) is 14.2. The van der Waals surface area contributed by atoms with Crippen molar-refractivity contribution < 1.29 is 9.53 Å². The Morgan fingerprint density at radius 3 is 2.76 bits per heavy atom. The number of morpholine rings is 1. The molecule has 1 aliphatic carbocycles. The van der Waals surface area contributed by atoms with Crippen LogP contribution in [-0.4, -0.2) is 43.7 Å². The number of benzene rings is 1. The average molecular weight is 337 g/mol. The molecular weight excluding hydrogens is 314 g/mol. The fourth-order valence-corrected chi connectivity index (χ4v) is 3.50. The molecule has 2 aliphatic rings. The van der Waals surface area contributed by atoms with Crippen LogP contribution in [0.3, 0.4) is 0 Å². The number of carbonyl (C=O) groups excluding carboxylic acids is 1. The quantitative estimate of drug-likeness (QED) is 0.911. The predicted molar refractivity (Wildman–Crippen MR) is 96.9 cm³/mol. The van der Waals surface area contributed by atoms with Gasteiger partial charge in [0.2, 0.25) is 0 Å². The number of ether oxygens (including phenoxy) is 1. The van der Waals surface area contributed by atoms with Gasteiger partial charge in [0.05, 0.1) is 18.8 Å². The number of carbonyl (C=O) groups is 1. The van der Waals surface area contributed by atoms with Crippen LogP contribution in [0.1, 0.15) is 28.3 Å². The lowest BCUT2D eigenvalue weighted by atomic mass is 10.1. The smallest absolute Gasteiger partial charge is 0.255 e. The number of pyridine rings is 1. The van der Waals surface area contributed by atoms with E-state index < -0.39 is 0 Å². The molecule has 1 aromatic heterocycles. The zero-order valence-corrected chi connectivity index (χ0v) is 14.2. The maximum atomic E-state index is 12.7. The Bertz CT molecular complexity index is 729. The lowest BCUT2D eigenvalue weighted by molar-refractivity contribution is 0.0949. The van der Waals surface area contributed by atoms with E-state index >= 15 is 0 Å². The van der Waals surface area contributed by atoms with Gasteiger partial charge in [-0.25, -0.2) is 4.98 Å². The van der Waals surface area contributed by atoms with E-state index in [4.69, 9.17) is 4.74 Å². The van der Waals surface area contributed by atoms with Crippen LogP contribution in [-0.2, 0) is 4.74 Å². The van der Waals surface area contributed by atoms with E-state index in [0.29, 0.717) is 30.6 Å². The van der Waals surface area contributed by atoms with Gasteiger partial charge < -0.3 is 15.0 Å². The van der Waals surface area contributed by atoms with Crippen LogP contribution in [0, 0.1) is 5.92 Å². The van der Waals surface area contributed by atoms with Crippen molar-refractivity contribution in [1.29, 1.82) is 0 Å². The molecule has 2 heterocycles. The molecular formula is C20H23N3O2. The van der Waals surface area contributed by atoms with Crippen molar-refractivity contribution >= 4 is 11.7 Å². The lowest BCUT2D eigenvalue weighted by Gasteiger charge is -2.29. The van der Waals surface area contributed by atoms with Gasteiger partial charge in [0.15, 0.2) is 0 Å². The fraction of sp³-hybridized carbons (Fsp3) is 0.400. The van der Waals surface area contributed by atoms with Crippen molar-refractivity contribution in [2.24, 2.45) is 5.92 Å². The van der Waals surface area contributed by atoms with Crippen molar-refractivity contribution in [2.45, 2.75) is 12.3 Å². The summed E-state index contributed by atoms with van der Waals surface area (Å²) in [5.41, 5.74) is 2.03. The first-order chi connectivity index (χ1) is 12.3. The van der Waals surface area contributed by atoms with Crippen LogP contribution in [0.2, 0.25) is 0 Å². The normalized spacial score (nSPS) is 22.5. The van der Waals surface area contributed by atoms with Crippen molar-refractivity contribution in [3.05, 3.63) is 59.8 Å². The van der Waals surface area contributed by atoms with Crippen molar-refractivity contribution in [1.82, 2.24) is 10.3 Å². The van der Waals surface area contributed by atoms with E-state index in [2.05, 4.69) is 39.5 Å². The summed E-state index contributed by atoms with van der Waals surface area (Å²) in [6, 6.07) is 14.2. The highest BCUT2D eigenvalue weighted by atomic mass is 16.5. The Morgan fingerprint density at radius 2 is 1.96 bits per heavy atom. The molecule has 0 spiro atoms. The second-order valence-corrected chi connectivity index (χ2v) is 6.70. The van der Waals surface area contributed by atoms with E-state index in [1.807, 2.05) is 18.2 Å². The summed E-state index contributed by atoms with van der Waals surface area (Å²) in [5.74, 6) is 1.84. The number of nitrogens with one attached hydrogen (secondary N) is 1. The van der Waals surface area contributed by atoms with E-state index in [1.165, 1.54) is 5.56 Å². The molecule has 2 fully saturated rings. The number of anilines is 1. The number of hydrogen-bond acceptors (Lipinski definition) is 4. The number of rotatable bonds is 5. The molecule has 1 aliphatic heterocycles. The highest BCUT2D eigenvalue weighted by Gasteiger charge is 2.38. The molecule has 130 valence electrons. The summed E-state index contributed by atoms with van der Waals surface area (Å²) in [7, 11) is 0. The molecule has 0 unspecified atom stereocenters. The minimum atomic E-state index is -0.0340. The number of aromatic nitrogens is 1. The van der Waals surface area contributed by atoms with E-state index in [-0.39, 0.29) is 5.91 Å². The number of hydrogen-bond donors (Lipinski definition) is 1. The Morgan fingerprint density at radius 1 is 1.16 bits per heavy atom. The van der Waals surface area contributed by atoms with Gasteiger partial charge in [-0.1, -0.05) is 30.3 Å². The molecule has 1 amide bonds. The molecule has 1 N–H and O–H groups in total. The van der Waals surface area contributed by atoms with Gasteiger partial charge in [0, 0.05) is 25.8 Å². The summed E-state index contributed by atoms with van der Waals surface area (Å²) in [6.07, 6.45) is 2.89. The fourth-order valence-electron chi connectivity index (χ4n) is 3.50. The van der Waals surface area contributed by atoms with Gasteiger partial charge in [0.1, 0.15) is 5.82 Å². The molecule has 2 atom stereocenters. The summed E-state index contributed by atoms with van der Waals surface area (Å²) >= 11 is 0. The second kappa shape index (κ2) is 7.23. The van der Waals surface area contributed by atoms with Crippen LogP contribution in [0.25, 0.3) is 0 Å². The van der Waals surface area contributed by atoms with Crippen LogP contribution < -0.4 is 10.2 Å². The van der Waals surface area contributed by atoms with E-state index in [1.54, 1.807) is 6.20 Å². The Labute approximate surface area is 148 Å². The summed E-state index contributed by atoms with van der Waals surface area (Å²) in [5, 5.41) is 3.10. The molecule has 1 saturated heterocycles. The molecule has 25 heavy (non-hydrogen) atoms. The van der Waals surface area contributed by atoms with E-state index in [9.17, 15) is 4.79 Å². The topological polar surface area (TPSA) is 54.5 Å². The first-order valence-corrected chi connectivity index (χ1v) is 8.94. The number of amides is 1. The molecule has 2 aromatic rings. The van der Waals surface area contributed by atoms with Crippen LogP contribution >= 0.6 is 0 Å². The molecule has 1 aromatic carbocycles. The maximum Gasteiger partial charge on any atom is 0.255 e. The first kappa shape index (κ1) is 16.1. The highest BCUT2D eigenvalue weighted by molar-refractivity contribution is 5.98. The van der Waals surface area contributed by atoms with Crippen molar-refractivity contribution in [3.8, 4) is 0 Å². The van der Waals surface area contributed by atoms with E-state index in [0.717, 1.165) is 31.9 Å². The highest BCUT2D eigenvalue weighted by Crippen LogP contribution is 2.46. The Balaban J connectivity index is 1.37. The Hall–Kier alpha value is -2.40. The summed E-state index contributed by atoms with van der Waals surface area (Å²) in [4.78, 5) is 19.2. The predicted octanol–water partition coefficient (Wildman–Crippen LogP) is 2.45. The van der Waals surface area contributed by atoms with Crippen LogP contribution in [0.5, 0.6) is 0 Å². The van der Waals surface area contributed by atoms with Gasteiger partial charge in [0.25, 0.3) is 5.91 Å². The molecule has 0 radical (unpaired) electrons. The van der Waals surface area contributed by atoms with Crippen molar-refractivity contribution in [3.63, 3.8) is 0 Å². The molecule has 5 heteroatoms. The molecule has 0 bridgehead atoms. The lowest BCUT2D eigenvalue weighted by Crippen LogP contribution is -2.38. The minimum absolute atomic E-state index is 0.0340. The summed E-state index contributed by atoms with van der Waals surface area (Å²) < 4.78 is 5.39. The zero-order chi connectivity index (χ0) is 17.1. The van der Waals surface area contributed by atoms with Crippen molar-refractivity contribution in [2.75, 3.05) is 37.7 Å². The van der Waals surface area contributed by atoms with Crippen LogP contribution in [0.15, 0.2) is 48.7 Å². The van der Waals surface area contributed by atoms with Gasteiger partial charge in [-0.05, 0) is 36.0 Å². The van der Waals surface area contributed by atoms with Gasteiger partial charge in [-0.3, -0.25) is 4.79 Å². The molecule has 1 saturated carbocycles. The SMILES string of the molecule is O=C(NC[C@@H]1C[C@@H]1c1ccccc1)c1cccnc1N1CCOCC1. The number of nitrogens with zero attached hydrogens (tertiary/aromatic N) is 2. The van der Waals surface area contributed by atoms with Gasteiger partial charge >= 0.3 is 0 Å². The average Bonchev–Trinajstić information content (AvgIpc) is 3.47. The maximum absolute atomic E-state index is 12.7. The third kappa shape index (κ3) is 3.66. The Kier molecular flexibility index (Phi) is 4.65. The van der Waals surface area contributed by atoms with Gasteiger partial charge in [-0.15, -0.1) is 0 Å². The second-order valence-electron chi connectivity index (χ2n) is 6.70. The largest absolute Gasteiger partial charge is 0.378 e. The molecule has 4 rings (SSSR count). The first-order valence-electron chi connectivity index (χ1n) is 8.94. The minimum Gasteiger partial charge on any atom is -0.378 e. The van der Waals surface area contributed by atoms with Crippen LogP contribution in [0.4, 0.5) is 5.82 Å².